The van der Waals surface area contributed by atoms with E-state index in [1.165, 1.54) is 37.7 Å². The molecule has 1 aromatic rings. The van der Waals surface area contributed by atoms with Crippen LogP contribution < -0.4 is 0 Å². The summed E-state index contributed by atoms with van der Waals surface area (Å²) in [6, 6.07) is 2.04. The topological polar surface area (TPSA) is 17.8 Å². The van der Waals surface area contributed by atoms with Gasteiger partial charge in [-0.3, -0.25) is 4.68 Å². The molecule has 1 heterocycles. The van der Waals surface area contributed by atoms with Gasteiger partial charge in [-0.25, -0.2) is 0 Å². The van der Waals surface area contributed by atoms with Crippen LogP contribution in [0, 0.1) is 5.92 Å². The predicted octanol–water partition coefficient (Wildman–Crippen LogP) is 3.62. The second kappa shape index (κ2) is 5.53. The molecule has 88 valence electrons. The van der Waals surface area contributed by atoms with E-state index < -0.39 is 0 Å². The van der Waals surface area contributed by atoms with Crippen LogP contribution in [0.5, 0.6) is 0 Å². The molecule has 1 aliphatic rings. The molecule has 0 N–H and O–H groups in total. The molecule has 0 atom stereocenters. The van der Waals surface area contributed by atoms with Crippen molar-refractivity contribution in [2.24, 2.45) is 13.0 Å². The standard InChI is InChI=1S/C13H19ClN2/c1-16-13(7-8-15-16)9-12(10-14)11-5-3-2-4-6-11/h7-9,11H,2-6,10H2,1H3/b12-9-. The highest BCUT2D eigenvalue weighted by atomic mass is 35.5. The monoisotopic (exact) mass is 238 g/mol. The number of alkyl halides is 1. The number of nitrogens with zero attached hydrogens (tertiary/aromatic N) is 2. The number of aryl methyl sites for hydroxylation is 1. The fourth-order valence-corrected chi connectivity index (χ4v) is 2.75. The highest BCUT2D eigenvalue weighted by Crippen LogP contribution is 2.31. The SMILES string of the molecule is Cn1nccc1/C=C(/CCl)C1CCCCC1. The van der Waals surface area contributed by atoms with Crippen molar-refractivity contribution in [3.8, 4) is 0 Å². The van der Waals surface area contributed by atoms with Crippen molar-refractivity contribution in [3.05, 3.63) is 23.5 Å². The van der Waals surface area contributed by atoms with Gasteiger partial charge >= 0.3 is 0 Å². The van der Waals surface area contributed by atoms with Gasteiger partial charge in [0.25, 0.3) is 0 Å². The largest absolute Gasteiger partial charge is 0.269 e. The van der Waals surface area contributed by atoms with Crippen LogP contribution in [0.15, 0.2) is 17.8 Å². The Labute approximate surface area is 102 Å². The molecular weight excluding hydrogens is 220 g/mol. The average Bonchev–Trinajstić information content (AvgIpc) is 2.73. The molecule has 0 aliphatic heterocycles. The Morgan fingerprint density at radius 1 is 1.50 bits per heavy atom. The molecule has 2 nitrogen and oxygen atoms in total. The Bertz CT molecular complexity index is 362. The molecule has 3 heteroatoms. The van der Waals surface area contributed by atoms with E-state index >= 15 is 0 Å². The molecule has 0 saturated heterocycles. The van der Waals surface area contributed by atoms with Crippen molar-refractivity contribution < 1.29 is 0 Å². The van der Waals surface area contributed by atoms with Crippen LogP contribution >= 0.6 is 11.6 Å². The highest BCUT2D eigenvalue weighted by molar-refractivity contribution is 6.19. The minimum atomic E-state index is 0.649. The zero-order valence-corrected chi connectivity index (χ0v) is 10.6. The van der Waals surface area contributed by atoms with Crippen LogP contribution in [0.4, 0.5) is 0 Å². The van der Waals surface area contributed by atoms with Crippen molar-refractivity contribution in [1.29, 1.82) is 0 Å². The molecule has 1 saturated carbocycles. The van der Waals surface area contributed by atoms with Crippen LogP contribution in [-0.4, -0.2) is 15.7 Å². The van der Waals surface area contributed by atoms with Gasteiger partial charge in [0, 0.05) is 19.1 Å². The number of allylic oxidation sites excluding steroid dienone is 1. The summed E-state index contributed by atoms with van der Waals surface area (Å²) in [5.74, 6) is 1.34. The van der Waals surface area contributed by atoms with Crippen molar-refractivity contribution in [2.45, 2.75) is 32.1 Å². The highest BCUT2D eigenvalue weighted by Gasteiger charge is 2.17. The summed E-state index contributed by atoms with van der Waals surface area (Å²) in [5, 5.41) is 4.18. The summed E-state index contributed by atoms with van der Waals surface area (Å²) < 4.78 is 1.90. The Kier molecular flexibility index (Phi) is 4.05. The maximum absolute atomic E-state index is 6.07. The lowest BCUT2D eigenvalue weighted by Crippen LogP contribution is -2.10. The summed E-state index contributed by atoms with van der Waals surface area (Å²) in [6.45, 7) is 0. The number of halogens is 1. The molecule has 0 aromatic carbocycles. The van der Waals surface area contributed by atoms with E-state index in [1.54, 1.807) is 0 Å². The Morgan fingerprint density at radius 2 is 2.25 bits per heavy atom. The van der Waals surface area contributed by atoms with Crippen molar-refractivity contribution in [1.82, 2.24) is 9.78 Å². The second-order valence-corrected chi connectivity index (χ2v) is 4.83. The fraction of sp³-hybridized carbons (Fsp3) is 0.615. The van der Waals surface area contributed by atoms with Crippen molar-refractivity contribution >= 4 is 17.7 Å². The number of hydrogen-bond acceptors (Lipinski definition) is 1. The Morgan fingerprint density at radius 3 is 2.81 bits per heavy atom. The molecule has 0 radical (unpaired) electrons. The van der Waals surface area contributed by atoms with Gasteiger partial charge in [-0.1, -0.05) is 24.8 Å². The van der Waals surface area contributed by atoms with Crippen LogP contribution in [-0.2, 0) is 7.05 Å². The summed E-state index contributed by atoms with van der Waals surface area (Å²) in [7, 11) is 1.97. The first kappa shape index (κ1) is 11.7. The third-order valence-electron chi connectivity index (χ3n) is 3.48. The van der Waals surface area contributed by atoms with E-state index in [0.717, 1.165) is 5.69 Å². The van der Waals surface area contributed by atoms with E-state index in [4.69, 9.17) is 11.6 Å². The summed E-state index contributed by atoms with van der Waals surface area (Å²) in [4.78, 5) is 0. The molecule has 2 rings (SSSR count). The minimum absolute atomic E-state index is 0.649. The van der Waals surface area contributed by atoms with Gasteiger partial charge in [0.05, 0.1) is 5.69 Å². The fourth-order valence-electron chi connectivity index (χ4n) is 2.45. The molecule has 0 amide bonds. The molecular formula is C13H19ClN2. The van der Waals surface area contributed by atoms with Crippen LogP contribution in [0.1, 0.15) is 37.8 Å². The molecule has 0 unspecified atom stereocenters. The normalized spacial score (nSPS) is 19.0. The zero-order valence-electron chi connectivity index (χ0n) is 9.82. The van der Waals surface area contributed by atoms with Crippen molar-refractivity contribution in [2.75, 3.05) is 5.88 Å². The van der Waals surface area contributed by atoms with Crippen LogP contribution in [0.3, 0.4) is 0 Å². The maximum atomic E-state index is 6.07. The van der Waals surface area contributed by atoms with Gasteiger partial charge in [0.15, 0.2) is 0 Å². The Balaban J connectivity index is 2.14. The van der Waals surface area contributed by atoms with Crippen LogP contribution in [0.2, 0.25) is 0 Å². The Hall–Kier alpha value is -0.760. The van der Waals surface area contributed by atoms with Gasteiger partial charge in [0.1, 0.15) is 0 Å². The number of aromatic nitrogens is 2. The molecule has 1 aromatic heterocycles. The smallest absolute Gasteiger partial charge is 0.0606 e. The maximum Gasteiger partial charge on any atom is 0.0606 e. The van der Waals surface area contributed by atoms with Gasteiger partial charge < -0.3 is 0 Å². The molecule has 0 spiro atoms. The number of hydrogen-bond donors (Lipinski definition) is 0. The first-order chi connectivity index (χ1) is 7.81. The quantitative estimate of drug-likeness (QED) is 0.736. The van der Waals surface area contributed by atoms with Gasteiger partial charge in [-0.15, -0.1) is 11.6 Å². The third kappa shape index (κ3) is 2.67. The average molecular weight is 239 g/mol. The first-order valence-electron chi connectivity index (χ1n) is 6.05. The second-order valence-electron chi connectivity index (χ2n) is 4.57. The first-order valence-corrected chi connectivity index (χ1v) is 6.59. The van der Waals surface area contributed by atoms with Crippen LogP contribution in [0.25, 0.3) is 6.08 Å². The molecule has 0 bridgehead atoms. The molecule has 16 heavy (non-hydrogen) atoms. The van der Waals surface area contributed by atoms with E-state index in [1.807, 2.05) is 24.0 Å². The summed E-state index contributed by atoms with van der Waals surface area (Å²) in [5.41, 5.74) is 2.53. The predicted molar refractivity (Wildman–Crippen MR) is 68.5 cm³/mol. The van der Waals surface area contributed by atoms with Gasteiger partial charge in [0.2, 0.25) is 0 Å². The molecule has 1 aliphatic carbocycles. The summed E-state index contributed by atoms with van der Waals surface area (Å²) >= 11 is 6.07. The minimum Gasteiger partial charge on any atom is -0.269 e. The van der Waals surface area contributed by atoms with E-state index in [-0.39, 0.29) is 0 Å². The van der Waals surface area contributed by atoms with E-state index in [0.29, 0.717) is 11.8 Å². The van der Waals surface area contributed by atoms with Crippen molar-refractivity contribution in [3.63, 3.8) is 0 Å². The van der Waals surface area contributed by atoms with Gasteiger partial charge in [-0.2, -0.15) is 5.10 Å². The molecule has 1 fully saturated rings. The van der Waals surface area contributed by atoms with E-state index in [2.05, 4.69) is 11.2 Å². The third-order valence-corrected chi connectivity index (χ3v) is 3.78. The lowest BCUT2D eigenvalue weighted by molar-refractivity contribution is 0.405. The number of rotatable bonds is 3. The lowest BCUT2D eigenvalue weighted by atomic mass is 9.84. The summed E-state index contributed by atoms with van der Waals surface area (Å²) in [6.07, 6.45) is 10.7. The zero-order chi connectivity index (χ0) is 11.4. The van der Waals surface area contributed by atoms with E-state index in [9.17, 15) is 0 Å². The van der Waals surface area contributed by atoms with Gasteiger partial charge in [-0.05, 0) is 30.9 Å². The lowest BCUT2D eigenvalue weighted by Gasteiger charge is -2.23.